The number of halogens is 4. The second-order valence-electron chi connectivity index (χ2n) is 6.83. The largest absolute Gasteiger partial charge is 0.416 e. The highest BCUT2D eigenvalue weighted by atomic mass is 32.2. The van der Waals surface area contributed by atoms with E-state index in [0.717, 1.165) is 36.4 Å². The average molecular weight is 466 g/mol. The molecule has 0 atom stereocenters. The Kier molecular flexibility index (Phi) is 6.95. The number of rotatable bonds is 7. The molecule has 2 N–H and O–H groups in total. The first-order valence-corrected chi connectivity index (χ1v) is 10.8. The summed E-state index contributed by atoms with van der Waals surface area (Å²) in [5.74, 6) is -1.17. The van der Waals surface area contributed by atoms with Crippen LogP contribution < -0.4 is 10.0 Å². The zero-order valence-electron chi connectivity index (χ0n) is 16.5. The normalized spacial score (nSPS) is 11.9. The Morgan fingerprint density at radius 1 is 0.875 bits per heavy atom. The summed E-state index contributed by atoms with van der Waals surface area (Å²) in [4.78, 5) is 11.9. The third-order valence-corrected chi connectivity index (χ3v) is 5.93. The molecule has 0 aliphatic heterocycles. The number of hydrogen-bond donors (Lipinski definition) is 2. The third-order valence-electron chi connectivity index (χ3n) is 4.51. The van der Waals surface area contributed by atoms with E-state index >= 15 is 0 Å². The molecule has 10 heteroatoms. The highest BCUT2D eigenvalue weighted by Crippen LogP contribution is 2.31. The molecule has 0 aliphatic carbocycles. The molecule has 0 radical (unpaired) electrons. The first-order chi connectivity index (χ1) is 15.0. The molecule has 3 aromatic carbocycles. The fourth-order valence-electron chi connectivity index (χ4n) is 2.83. The van der Waals surface area contributed by atoms with Crippen LogP contribution in [0.5, 0.6) is 0 Å². The van der Waals surface area contributed by atoms with E-state index in [-0.39, 0.29) is 11.4 Å². The highest BCUT2D eigenvalue weighted by Gasteiger charge is 2.29. The van der Waals surface area contributed by atoms with Crippen molar-refractivity contribution < 1.29 is 30.8 Å². The van der Waals surface area contributed by atoms with Crippen LogP contribution in [0.4, 0.5) is 17.6 Å². The lowest BCUT2D eigenvalue weighted by Gasteiger charge is -2.10. The van der Waals surface area contributed by atoms with E-state index in [1.54, 1.807) is 24.3 Å². The molecule has 0 saturated heterocycles. The SMILES string of the molecule is O=C(CNS(=O)(=O)c1ccc(F)cc1)NCc1cccc(-c2ccc(C(F)(F)F)cc2)c1. The van der Waals surface area contributed by atoms with Crippen molar-refractivity contribution in [1.82, 2.24) is 10.0 Å². The van der Waals surface area contributed by atoms with E-state index in [2.05, 4.69) is 10.0 Å². The molecule has 3 aromatic rings. The second-order valence-corrected chi connectivity index (χ2v) is 8.60. The molecule has 0 aromatic heterocycles. The molecular formula is C22H18F4N2O3S. The number of carbonyl (C=O) groups is 1. The Morgan fingerprint density at radius 3 is 2.16 bits per heavy atom. The summed E-state index contributed by atoms with van der Waals surface area (Å²) in [7, 11) is -3.97. The van der Waals surface area contributed by atoms with Gasteiger partial charge in [-0.25, -0.2) is 17.5 Å². The molecule has 168 valence electrons. The lowest BCUT2D eigenvalue weighted by Crippen LogP contribution is -2.36. The Labute approximate surface area is 182 Å². The van der Waals surface area contributed by atoms with E-state index < -0.39 is 40.0 Å². The van der Waals surface area contributed by atoms with Gasteiger partial charge in [-0.3, -0.25) is 4.79 Å². The summed E-state index contributed by atoms with van der Waals surface area (Å²) in [6.07, 6.45) is -4.41. The first-order valence-electron chi connectivity index (χ1n) is 9.33. The van der Waals surface area contributed by atoms with Gasteiger partial charge in [-0.1, -0.05) is 30.3 Å². The summed E-state index contributed by atoms with van der Waals surface area (Å²) in [5, 5.41) is 2.57. The standard InChI is InChI=1S/C22H18F4N2O3S/c23-19-8-10-20(11-9-19)32(30,31)28-14-21(29)27-13-15-2-1-3-17(12-15)16-4-6-18(7-5-16)22(24,25)26/h1-12,28H,13-14H2,(H,27,29). The Bertz CT molecular complexity index is 1190. The van der Waals surface area contributed by atoms with Crippen LogP contribution in [0.15, 0.2) is 77.7 Å². The smallest absolute Gasteiger partial charge is 0.351 e. The molecule has 0 aliphatic rings. The number of benzene rings is 3. The zero-order chi connectivity index (χ0) is 23.4. The summed E-state index contributed by atoms with van der Waals surface area (Å²) < 4.78 is 77.4. The van der Waals surface area contributed by atoms with Crippen molar-refractivity contribution in [2.75, 3.05) is 6.54 Å². The minimum absolute atomic E-state index is 0.0889. The Morgan fingerprint density at radius 2 is 1.53 bits per heavy atom. The fourth-order valence-corrected chi connectivity index (χ4v) is 3.82. The lowest BCUT2D eigenvalue weighted by atomic mass is 10.0. The average Bonchev–Trinajstić information content (AvgIpc) is 2.76. The summed E-state index contributed by atoms with van der Waals surface area (Å²) in [6, 6.07) is 15.8. The maximum atomic E-state index is 12.9. The van der Waals surface area contributed by atoms with Gasteiger partial charge in [0, 0.05) is 6.54 Å². The molecule has 5 nitrogen and oxygen atoms in total. The van der Waals surface area contributed by atoms with Crippen LogP contribution >= 0.6 is 0 Å². The van der Waals surface area contributed by atoms with Crippen LogP contribution in [-0.4, -0.2) is 20.9 Å². The van der Waals surface area contributed by atoms with E-state index in [1.165, 1.54) is 12.1 Å². The highest BCUT2D eigenvalue weighted by molar-refractivity contribution is 7.89. The van der Waals surface area contributed by atoms with Crippen molar-refractivity contribution in [3.05, 3.63) is 89.7 Å². The van der Waals surface area contributed by atoms with Crippen LogP contribution in [0.2, 0.25) is 0 Å². The Hall–Kier alpha value is -3.24. The molecule has 0 spiro atoms. The summed E-state index contributed by atoms with van der Waals surface area (Å²) in [5.41, 5.74) is 1.19. The van der Waals surface area contributed by atoms with Crippen molar-refractivity contribution in [1.29, 1.82) is 0 Å². The minimum atomic E-state index is -4.41. The van der Waals surface area contributed by atoms with Gasteiger partial charge in [0.2, 0.25) is 15.9 Å². The number of amides is 1. The van der Waals surface area contributed by atoms with E-state index in [0.29, 0.717) is 16.7 Å². The van der Waals surface area contributed by atoms with Gasteiger partial charge in [-0.05, 0) is 59.2 Å². The van der Waals surface area contributed by atoms with Gasteiger partial charge in [0.25, 0.3) is 0 Å². The van der Waals surface area contributed by atoms with Gasteiger partial charge >= 0.3 is 6.18 Å². The monoisotopic (exact) mass is 466 g/mol. The molecular weight excluding hydrogens is 448 g/mol. The summed E-state index contributed by atoms with van der Waals surface area (Å²) in [6.45, 7) is -0.427. The van der Waals surface area contributed by atoms with Gasteiger partial charge in [0.15, 0.2) is 0 Å². The van der Waals surface area contributed by atoms with Crippen molar-refractivity contribution in [3.63, 3.8) is 0 Å². The topological polar surface area (TPSA) is 75.3 Å². The number of sulfonamides is 1. The van der Waals surface area contributed by atoms with Crippen LogP contribution in [-0.2, 0) is 27.5 Å². The Balaban J connectivity index is 1.58. The van der Waals surface area contributed by atoms with Gasteiger partial charge in [0.05, 0.1) is 17.0 Å². The molecule has 3 rings (SSSR count). The third kappa shape index (κ3) is 6.14. The molecule has 0 saturated carbocycles. The minimum Gasteiger partial charge on any atom is -0.351 e. The quantitative estimate of drug-likeness (QED) is 0.515. The van der Waals surface area contributed by atoms with Gasteiger partial charge in [-0.15, -0.1) is 0 Å². The van der Waals surface area contributed by atoms with Gasteiger partial charge in [-0.2, -0.15) is 13.2 Å². The molecule has 0 bridgehead atoms. The van der Waals surface area contributed by atoms with Gasteiger partial charge < -0.3 is 5.32 Å². The second kappa shape index (κ2) is 9.49. The van der Waals surface area contributed by atoms with Crippen molar-refractivity contribution in [2.24, 2.45) is 0 Å². The number of alkyl halides is 3. The molecule has 0 unspecified atom stereocenters. The number of nitrogens with one attached hydrogen (secondary N) is 2. The molecule has 32 heavy (non-hydrogen) atoms. The van der Waals surface area contributed by atoms with Crippen LogP contribution in [0, 0.1) is 5.82 Å². The lowest BCUT2D eigenvalue weighted by molar-refractivity contribution is -0.137. The zero-order valence-corrected chi connectivity index (χ0v) is 17.3. The summed E-state index contributed by atoms with van der Waals surface area (Å²) >= 11 is 0. The van der Waals surface area contributed by atoms with Crippen molar-refractivity contribution in [3.8, 4) is 11.1 Å². The molecule has 0 heterocycles. The van der Waals surface area contributed by atoms with Crippen LogP contribution in [0.25, 0.3) is 11.1 Å². The maximum Gasteiger partial charge on any atom is 0.416 e. The van der Waals surface area contributed by atoms with E-state index in [4.69, 9.17) is 0 Å². The number of carbonyl (C=O) groups excluding carboxylic acids is 1. The van der Waals surface area contributed by atoms with E-state index in [1.807, 2.05) is 0 Å². The van der Waals surface area contributed by atoms with Crippen LogP contribution in [0.1, 0.15) is 11.1 Å². The number of hydrogen-bond acceptors (Lipinski definition) is 3. The van der Waals surface area contributed by atoms with E-state index in [9.17, 15) is 30.8 Å². The predicted octanol–water partition coefficient (Wildman–Crippen LogP) is 4.11. The first kappa shape index (κ1) is 23.4. The van der Waals surface area contributed by atoms with Crippen LogP contribution in [0.3, 0.4) is 0 Å². The van der Waals surface area contributed by atoms with Crippen molar-refractivity contribution >= 4 is 15.9 Å². The maximum absolute atomic E-state index is 12.9. The fraction of sp³-hybridized carbons (Fsp3) is 0.136. The van der Waals surface area contributed by atoms with Crippen molar-refractivity contribution in [2.45, 2.75) is 17.6 Å². The predicted molar refractivity (Wildman–Crippen MR) is 110 cm³/mol. The molecule has 0 fully saturated rings. The molecule has 1 amide bonds. The van der Waals surface area contributed by atoms with Gasteiger partial charge in [0.1, 0.15) is 5.82 Å².